The summed E-state index contributed by atoms with van der Waals surface area (Å²) in [6, 6.07) is 5.47. The molecule has 1 rings (SSSR count). The Morgan fingerprint density at radius 3 is 2.33 bits per heavy atom. The molecule has 0 fully saturated rings. The summed E-state index contributed by atoms with van der Waals surface area (Å²) < 4.78 is 41.1. The number of para-hydroxylation sites is 1. The van der Waals surface area contributed by atoms with Crippen LogP contribution >= 0.6 is 0 Å². The maximum Gasteiger partial charge on any atom is 0.264 e. The minimum absolute atomic E-state index is 0.288. The highest BCUT2D eigenvalue weighted by Crippen LogP contribution is 2.37. The van der Waals surface area contributed by atoms with Gasteiger partial charge < -0.3 is 14.5 Å². The molecule has 0 aliphatic carbocycles. The maximum absolute atomic E-state index is 10.8. The third kappa shape index (κ3) is 5.07. The molecule has 0 aliphatic heterocycles. The second-order valence-electron chi connectivity index (χ2n) is 4.62. The van der Waals surface area contributed by atoms with Crippen molar-refractivity contribution in [2.24, 2.45) is 0 Å². The fourth-order valence-corrected chi connectivity index (χ4v) is 2.50. The van der Waals surface area contributed by atoms with Crippen molar-refractivity contribution in [3.05, 3.63) is 18.2 Å². The van der Waals surface area contributed by atoms with E-state index in [0.29, 0.717) is 18.0 Å². The van der Waals surface area contributed by atoms with Crippen molar-refractivity contribution in [3.63, 3.8) is 0 Å². The lowest BCUT2D eigenvalue weighted by Gasteiger charge is -2.32. The Labute approximate surface area is 125 Å². The van der Waals surface area contributed by atoms with E-state index in [4.69, 9.17) is 14.0 Å². The van der Waals surface area contributed by atoms with Crippen LogP contribution in [0.4, 0.5) is 5.69 Å². The van der Waals surface area contributed by atoms with Gasteiger partial charge in [-0.15, -0.1) is 0 Å². The minimum Gasteiger partial charge on any atom is -0.493 e. The van der Waals surface area contributed by atoms with Gasteiger partial charge in [-0.2, -0.15) is 8.42 Å². The molecule has 0 radical (unpaired) electrons. The van der Waals surface area contributed by atoms with Gasteiger partial charge in [0.25, 0.3) is 10.1 Å². The Hall–Kier alpha value is -1.51. The van der Waals surface area contributed by atoms with Gasteiger partial charge in [-0.05, 0) is 18.6 Å². The number of anilines is 1. The zero-order valence-electron chi connectivity index (χ0n) is 12.7. The zero-order valence-corrected chi connectivity index (χ0v) is 13.6. The van der Waals surface area contributed by atoms with Crippen molar-refractivity contribution in [3.8, 4) is 11.5 Å². The van der Waals surface area contributed by atoms with Gasteiger partial charge in [0, 0.05) is 20.6 Å². The van der Waals surface area contributed by atoms with E-state index >= 15 is 0 Å². The topological polar surface area (TPSA) is 79.3 Å². The van der Waals surface area contributed by atoms with Gasteiger partial charge >= 0.3 is 0 Å². The molecule has 0 saturated heterocycles. The zero-order chi connectivity index (χ0) is 16.0. The summed E-state index contributed by atoms with van der Waals surface area (Å²) >= 11 is 0. The molecule has 0 aliphatic rings. The molecule has 0 amide bonds. The number of rotatable bonds is 8. The van der Waals surface area contributed by atoms with Crippen LogP contribution in [0.1, 0.15) is 6.42 Å². The molecule has 1 N–H and O–H groups in total. The second kappa shape index (κ2) is 7.48. The molecule has 0 bridgehead atoms. The standard InChI is InChI=1S/C13H22N2O5S/c1-14(2)15(9-6-10-21(16,17)18)11-7-5-8-12(19-3)13(11)20-4/h5,7-8H,6,9-10H2,1-4H3,(H,16,17,18). The van der Waals surface area contributed by atoms with E-state index in [2.05, 4.69) is 0 Å². The molecular weight excluding hydrogens is 296 g/mol. The highest BCUT2D eigenvalue weighted by molar-refractivity contribution is 7.85. The third-order valence-corrected chi connectivity index (χ3v) is 3.72. The largest absolute Gasteiger partial charge is 0.493 e. The van der Waals surface area contributed by atoms with E-state index in [-0.39, 0.29) is 12.2 Å². The highest BCUT2D eigenvalue weighted by Gasteiger charge is 2.18. The van der Waals surface area contributed by atoms with Gasteiger partial charge in [0.1, 0.15) is 0 Å². The van der Waals surface area contributed by atoms with Crippen LogP contribution in [0.5, 0.6) is 11.5 Å². The molecule has 21 heavy (non-hydrogen) atoms. The Kier molecular flexibility index (Phi) is 6.25. The number of benzene rings is 1. The average Bonchev–Trinajstić information content (AvgIpc) is 2.41. The first-order valence-electron chi connectivity index (χ1n) is 6.41. The van der Waals surface area contributed by atoms with Crippen LogP contribution in [0.2, 0.25) is 0 Å². The molecule has 120 valence electrons. The maximum atomic E-state index is 10.8. The van der Waals surface area contributed by atoms with Gasteiger partial charge in [-0.25, -0.2) is 5.01 Å². The first-order valence-corrected chi connectivity index (χ1v) is 8.02. The molecule has 0 atom stereocenters. The van der Waals surface area contributed by atoms with Gasteiger partial charge in [-0.3, -0.25) is 4.55 Å². The molecule has 0 unspecified atom stereocenters. The molecule has 0 heterocycles. The Morgan fingerprint density at radius 1 is 1.19 bits per heavy atom. The first-order chi connectivity index (χ1) is 9.80. The van der Waals surface area contributed by atoms with Crippen molar-refractivity contribution in [2.75, 3.05) is 45.6 Å². The lowest BCUT2D eigenvalue weighted by Crippen LogP contribution is -2.38. The molecule has 0 spiro atoms. The van der Waals surface area contributed by atoms with Gasteiger partial charge in [0.15, 0.2) is 11.5 Å². The van der Waals surface area contributed by atoms with Gasteiger partial charge in [0.05, 0.1) is 25.7 Å². The van der Waals surface area contributed by atoms with Crippen LogP contribution in [-0.2, 0) is 10.1 Å². The van der Waals surface area contributed by atoms with Crippen LogP contribution < -0.4 is 14.5 Å². The van der Waals surface area contributed by atoms with Gasteiger partial charge in [0.2, 0.25) is 0 Å². The quantitative estimate of drug-likeness (QED) is 0.571. The lowest BCUT2D eigenvalue weighted by molar-refractivity contribution is 0.335. The van der Waals surface area contributed by atoms with Crippen molar-refractivity contribution < 1.29 is 22.4 Å². The summed E-state index contributed by atoms with van der Waals surface area (Å²) in [7, 11) is 2.83. The van der Waals surface area contributed by atoms with E-state index in [1.165, 1.54) is 0 Å². The van der Waals surface area contributed by atoms with E-state index in [1.807, 2.05) is 36.2 Å². The van der Waals surface area contributed by atoms with Crippen molar-refractivity contribution in [1.29, 1.82) is 0 Å². The summed E-state index contributed by atoms with van der Waals surface area (Å²) in [6.45, 7) is 0.413. The third-order valence-electron chi connectivity index (χ3n) is 2.92. The van der Waals surface area contributed by atoms with E-state index < -0.39 is 10.1 Å². The van der Waals surface area contributed by atoms with Crippen LogP contribution in [-0.4, -0.2) is 58.6 Å². The van der Waals surface area contributed by atoms with Gasteiger partial charge in [-0.1, -0.05) is 6.07 Å². The predicted octanol–water partition coefficient (Wildman–Crippen LogP) is 1.26. The predicted molar refractivity (Wildman–Crippen MR) is 81.6 cm³/mol. The SMILES string of the molecule is COc1cccc(N(CCCS(=O)(=O)O)N(C)C)c1OC. The molecule has 8 heteroatoms. The monoisotopic (exact) mass is 318 g/mol. The average molecular weight is 318 g/mol. The number of hydrazine groups is 1. The van der Waals surface area contributed by atoms with Crippen molar-refractivity contribution in [2.45, 2.75) is 6.42 Å². The van der Waals surface area contributed by atoms with Crippen molar-refractivity contribution >= 4 is 15.8 Å². The first kappa shape index (κ1) is 17.5. The van der Waals surface area contributed by atoms with E-state index in [9.17, 15) is 8.42 Å². The molecule has 0 saturated carbocycles. The normalized spacial score (nSPS) is 11.5. The fourth-order valence-electron chi connectivity index (χ4n) is 2.01. The Bertz CT molecular complexity index is 560. The smallest absolute Gasteiger partial charge is 0.264 e. The number of nitrogens with zero attached hydrogens (tertiary/aromatic N) is 2. The van der Waals surface area contributed by atoms with Crippen LogP contribution in [0.25, 0.3) is 0 Å². The second-order valence-corrected chi connectivity index (χ2v) is 6.19. The van der Waals surface area contributed by atoms with Crippen molar-refractivity contribution in [1.82, 2.24) is 5.01 Å². The van der Waals surface area contributed by atoms with Crippen LogP contribution in [0.15, 0.2) is 18.2 Å². The molecular formula is C13H22N2O5S. The molecule has 0 aromatic heterocycles. The number of hydrogen-bond acceptors (Lipinski definition) is 6. The number of ether oxygens (including phenoxy) is 2. The lowest BCUT2D eigenvalue weighted by atomic mass is 10.2. The van der Waals surface area contributed by atoms with E-state index in [0.717, 1.165) is 5.69 Å². The summed E-state index contributed by atoms with van der Waals surface area (Å²) in [6.07, 6.45) is 0.289. The number of hydrogen-bond donors (Lipinski definition) is 1. The Morgan fingerprint density at radius 2 is 1.86 bits per heavy atom. The van der Waals surface area contributed by atoms with Crippen LogP contribution in [0.3, 0.4) is 0 Å². The molecule has 7 nitrogen and oxygen atoms in total. The minimum atomic E-state index is -3.96. The van der Waals surface area contributed by atoms with Crippen LogP contribution in [0, 0.1) is 0 Å². The fraction of sp³-hybridized carbons (Fsp3) is 0.538. The summed E-state index contributed by atoms with van der Waals surface area (Å²) in [5, 5.41) is 3.67. The summed E-state index contributed by atoms with van der Waals surface area (Å²) in [5.74, 6) is 0.876. The highest BCUT2D eigenvalue weighted by atomic mass is 32.2. The molecule has 1 aromatic carbocycles. The Balaban J connectivity index is 3.00. The summed E-state index contributed by atoms with van der Waals surface area (Å²) in [4.78, 5) is 0. The summed E-state index contributed by atoms with van der Waals surface area (Å²) in [5.41, 5.74) is 0.761. The molecule has 1 aromatic rings. The number of methoxy groups -OCH3 is 2. The van der Waals surface area contributed by atoms with E-state index in [1.54, 1.807) is 20.3 Å².